The summed E-state index contributed by atoms with van der Waals surface area (Å²) in [6.07, 6.45) is 0. The molecule has 0 spiro atoms. The van der Waals surface area contributed by atoms with Crippen molar-refractivity contribution in [3.8, 4) is 66.8 Å². The van der Waals surface area contributed by atoms with Gasteiger partial charge in [0.25, 0.3) is 0 Å². The molecule has 0 saturated heterocycles. The Balaban J connectivity index is 1.11. The van der Waals surface area contributed by atoms with E-state index in [1.807, 2.05) is 0 Å². The fraction of sp³-hybridized carbons (Fsp3) is 0.120. The maximum absolute atomic E-state index is 2.49. The van der Waals surface area contributed by atoms with Crippen LogP contribution in [0.5, 0.6) is 0 Å². The molecule has 0 fully saturated rings. The molecule has 0 saturated carbocycles. The van der Waals surface area contributed by atoms with Crippen LogP contribution in [0.2, 0.25) is 0 Å². The van der Waals surface area contributed by atoms with Gasteiger partial charge in [0.2, 0.25) is 0 Å². The summed E-state index contributed by atoms with van der Waals surface area (Å²) in [6, 6.07) is 55.4. The molecule has 8 aromatic rings. The van der Waals surface area contributed by atoms with Gasteiger partial charge in [0, 0.05) is 10.8 Å². The van der Waals surface area contributed by atoms with Crippen LogP contribution in [0.4, 0.5) is 0 Å². The van der Waals surface area contributed by atoms with Gasteiger partial charge in [-0.3, -0.25) is 0 Å². The Morgan fingerprint density at radius 1 is 0.300 bits per heavy atom. The third-order valence-corrected chi connectivity index (χ3v) is 12.4. The highest BCUT2D eigenvalue weighted by atomic mass is 14.4. The summed E-state index contributed by atoms with van der Waals surface area (Å²) in [5, 5.41) is 5.35. The van der Waals surface area contributed by atoms with Gasteiger partial charge in [-0.05, 0) is 129 Å². The summed E-state index contributed by atoms with van der Waals surface area (Å²) >= 11 is 0. The molecule has 3 aliphatic rings. The van der Waals surface area contributed by atoms with Gasteiger partial charge in [-0.2, -0.15) is 0 Å². The van der Waals surface area contributed by atoms with Crippen LogP contribution in [-0.4, -0.2) is 0 Å². The van der Waals surface area contributed by atoms with Gasteiger partial charge in [-0.25, -0.2) is 0 Å². The third kappa shape index (κ3) is 3.46. The Bertz CT molecular complexity index is 2800. The smallest absolute Gasteiger partial charge is 0.0159 e. The number of fused-ring (bicyclic) bond motifs is 11. The highest BCUT2D eigenvalue weighted by molar-refractivity contribution is 6.29. The average molecular weight is 637 g/mol. The summed E-state index contributed by atoms with van der Waals surface area (Å²) in [5.74, 6) is 0. The molecule has 0 heterocycles. The first kappa shape index (κ1) is 28.2. The normalized spacial score (nSPS) is 15.1. The van der Waals surface area contributed by atoms with Gasteiger partial charge in [-0.15, -0.1) is 0 Å². The monoisotopic (exact) mass is 636 g/mol. The van der Waals surface area contributed by atoms with Crippen molar-refractivity contribution in [2.45, 2.75) is 38.5 Å². The van der Waals surface area contributed by atoms with Crippen molar-refractivity contribution in [3.05, 3.63) is 168 Å². The lowest BCUT2D eigenvalue weighted by Gasteiger charge is -2.22. The van der Waals surface area contributed by atoms with Gasteiger partial charge in [-0.1, -0.05) is 155 Å². The average Bonchev–Trinajstić information content (AvgIpc) is 3.69. The van der Waals surface area contributed by atoms with Crippen molar-refractivity contribution in [1.82, 2.24) is 0 Å². The van der Waals surface area contributed by atoms with Gasteiger partial charge in [0.05, 0.1) is 0 Å². The Morgan fingerprint density at radius 3 is 1.42 bits per heavy atom. The number of rotatable bonds is 2. The number of hydrogen-bond donors (Lipinski definition) is 0. The van der Waals surface area contributed by atoms with Crippen molar-refractivity contribution in [2.75, 3.05) is 0 Å². The fourth-order valence-electron chi connectivity index (χ4n) is 9.95. The molecule has 11 rings (SSSR count). The number of benzene rings is 8. The molecule has 0 bridgehead atoms. The fourth-order valence-corrected chi connectivity index (χ4v) is 9.95. The van der Waals surface area contributed by atoms with E-state index < -0.39 is 0 Å². The number of hydrogen-bond acceptors (Lipinski definition) is 0. The van der Waals surface area contributed by atoms with E-state index in [0.29, 0.717) is 0 Å². The molecule has 3 aliphatic carbocycles. The first-order valence-electron chi connectivity index (χ1n) is 17.9. The standard InChI is InChI=1S/C50H36/c1-49(2)42-18-9-7-12-32(42)34-23-20-30(27-44(34)49)29-21-25-39-41(26-29)38-16-11-17-40-46(36-14-5-6-15-37(36)47(39)48(38)40)31-22-24-35-33-13-8-10-19-43(33)50(3,4)45(35)28-31/h5-28H,1-4H3. The first-order valence-corrected chi connectivity index (χ1v) is 17.9. The van der Waals surface area contributed by atoms with Crippen molar-refractivity contribution >= 4 is 21.5 Å². The molecule has 0 heteroatoms. The van der Waals surface area contributed by atoms with E-state index in [4.69, 9.17) is 0 Å². The SMILES string of the molecule is CC1(C)c2ccccc2-c2ccc(-c3ccc4c(c3)-c3cccc5c(-c6ccc7c(c6)C(C)(C)c6ccccc6-7)c6ccccc6c-4c35)cc21. The molecule has 0 unspecified atom stereocenters. The van der Waals surface area contributed by atoms with Crippen LogP contribution in [-0.2, 0) is 10.8 Å². The highest BCUT2D eigenvalue weighted by Gasteiger charge is 2.37. The Hall–Kier alpha value is -5.72. The van der Waals surface area contributed by atoms with E-state index in [1.165, 1.54) is 111 Å². The molecule has 0 amide bonds. The largest absolute Gasteiger partial charge is 0.0619 e. The van der Waals surface area contributed by atoms with Crippen LogP contribution < -0.4 is 0 Å². The molecule has 0 aromatic heterocycles. The van der Waals surface area contributed by atoms with Crippen molar-refractivity contribution in [3.63, 3.8) is 0 Å². The van der Waals surface area contributed by atoms with Crippen LogP contribution in [0, 0.1) is 0 Å². The molecule has 236 valence electrons. The first-order chi connectivity index (χ1) is 24.3. The Kier molecular flexibility index (Phi) is 5.34. The van der Waals surface area contributed by atoms with E-state index in [2.05, 4.69) is 173 Å². The summed E-state index contributed by atoms with van der Waals surface area (Å²) in [6.45, 7) is 9.49. The molecule has 0 N–H and O–H groups in total. The van der Waals surface area contributed by atoms with Crippen LogP contribution in [0.25, 0.3) is 88.3 Å². The van der Waals surface area contributed by atoms with E-state index >= 15 is 0 Å². The lowest BCUT2D eigenvalue weighted by Crippen LogP contribution is -2.14. The van der Waals surface area contributed by atoms with Crippen molar-refractivity contribution in [2.24, 2.45) is 0 Å². The predicted molar refractivity (Wildman–Crippen MR) is 212 cm³/mol. The molecule has 0 radical (unpaired) electrons. The minimum absolute atomic E-state index is 0.0224. The Labute approximate surface area is 293 Å². The zero-order valence-corrected chi connectivity index (χ0v) is 28.9. The van der Waals surface area contributed by atoms with E-state index in [9.17, 15) is 0 Å². The quantitative estimate of drug-likeness (QED) is 0.166. The summed E-state index contributed by atoms with van der Waals surface area (Å²) in [7, 11) is 0. The van der Waals surface area contributed by atoms with E-state index in [0.717, 1.165) is 0 Å². The summed E-state index contributed by atoms with van der Waals surface area (Å²) in [5.41, 5.74) is 21.6. The zero-order valence-electron chi connectivity index (χ0n) is 28.9. The van der Waals surface area contributed by atoms with Gasteiger partial charge < -0.3 is 0 Å². The minimum atomic E-state index is -0.0468. The molecule has 8 aromatic carbocycles. The van der Waals surface area contributed by atoms with Crippen molar-refractivity contribution in [1.29, 1.82) is 0 Å². The molecular formula is C50H36. The van der Waals surface area contributed by atoms with E-state index in [-0.39, 0.29) is 10.8 Å². The lowest BCUT2D eigenvalue weighted by molar-refractivity contribution is 0.660. The Morgan fingerprint density at radius 2 is 0.760 bits per heavy atom. The topological polar surface area (TPSA) is 0 Å². The summed E-state index contributed by atoms with van der Waals surface area (Å²) < 4.78 is 0. The molecule has 0 nitrogen and oxygen atoms in total. The molecule has 0 atom stereocenters. The van der Waals surface area contributed by atoms with E-state index in [1.54, 1.807) is 0 Å². The maximum Gasteiger partial charge on any atom is 0.0159 e. The highest BCUT2D eigenvalue weighted by Crippen LogP contribution is 2.56. The van der Waals surface area contributed by atoms with Crippen LogP contribution in [0.3, 0.4) is 0 Å². The molecule has 0 aliphatic heterocycles. The predicted octanol–water partition coefficient (Wildman–Crippen LogP) is 13.6. The zero-order chi connectivity index (χ0) is 33.5. The van der Waals surface area contributed by atoms with Crippen molar-refractivity contribution < 1.29 is 0 Å². The maximum atomic E-state index is 2.49. The van der Waals surface area contributed by atoms with Crippen LogP contribution in [0.1, 0.15) is 49.9 Å². The molecule has 50 heavy (non-hydrogen) atoms. The summed E-state index contributed by atoms with van der Waals surface area (Å²) in [4.78, 5) is 0. The lowest BCUT2D eigenvalue weighted by atomic mass is 9.80. The second-order valence-electron chi connectivity index (χ2n) is 15.6. The molecular weight excluding hydrogens is 601 g/mol. The van der Waals surface area contributed by atoms with Gasteiger partial charge in [0.1, 0.15) is 0 Å². The second kappa shape index (κ2) is 9.49. The van der Waals surface area contributed by atoms with Gasteiger partial charge in [0.15, 0.2) is 0 Å². The van der Waals surface area contributed by atoms with Crippen LogP contribution in [0.15, 0.2) is 146 Å². The third-order valence-electron chi connectivity index (χ3n) is 12.4. The minimum Gasteiger partial charge on any atom is -0.0619 e. The van der Waals surface area contributed by atoms with Crippen LogP contribution >= 0.6 is 0 Å². The second-order valence-corrected chi connectivity index (χ2v) is 15.6. The van der Waals surface area contributed by atoms with Gasteiger partial charge >= 0.3 is 0 Å².